The molecule has 7 heteroatoms. The molecule has 104 valence electrons. The Morgan fingerprint density at radius 2 is 1.85 bits per heavy atom. The van der Waals surface area contributed by atoms with Crippen molar-refractivity contribution in [2.75, 3.05) is 7.11 Å². The average molecular weight is 292 g/mol. The molecule has 2 rings (SSSR count). The number of hydrogen-bond acceptors (Lipinski definition) is 5. The Hall–Kier alpha value is -2.12. The summed E-state index contributed by atoms with van der Waals surface area (Å²) in [6.07, 6.45) is 0. The van der Waals surface area contributed by atoms with Gasteiger partial charge in [0.05, 0.1) is 23.2 Å². The van der Waals surface area contributed by atoms with Gasteiger partial charge in [-0.1, -0.05) is 17.7 Å². The van der Waals surface area contributed by atoms with E-state index >= 15 is 0 Å². The Morgan fingerprint density at radius 1 is 1.20 bits per heavy atom. The Kier molecular flexibility index (Phi) is 4.21. The zero-order chi connectivity index (χ0) is 14.7. The fourth-order valence-corrected chi connectivity index (χ4v) is 2.69. The number of rotatable bonds is 4. The van der Waals surface area contributed by atoms with E-state index in [2.05, 4.69) is 4.98 Å². The minimum atomic E-state index is -1.73. The van der Waals surface area contributed by atoms with Gasteiger partial charge in [-0.3, -0.25) is 10.1 Å². The van der Waals surface area contributed by atoms with Crippen LogP contribution in [0.1, 0.15) is 5.56 Å². The van der Waals surface area contributed by atoms with Crippen LogP contribution in [0.25, 0.3) is 0 Å². The maximum absolute atomic E-state index is 12.4. The Morgan fingerprint density at radius 3 is 2.40 bits per heavy atom. The van der Waals surface area contributed by atoms with Crippen molar-refractivity contribution in [1.29, 1.82) is 0 Å². The first-order valence-electron chi connectivity index (χ1n) is 5.71. The summed E-state index contributed by atoms with van der Waals surface area (Å²) in [6, 6.07) is 9.52. The van der Waals surface area contributed by atoms with Crippen molar-refractivity contribution in [3.05, 3.63) is 52.1 Å². The Balaban J connectivity index is 2.48. The molecule has 0 bridgehead atoms. The van der Waals surface area contributed by atoms with Crippen LogP contribution in [0.2, 0.25) is 0 Å². The lowest BCUT2D eigenvalue weighted by molar-refractivity contribution is -0.388. The zero-order valence-electron chi connectivity index (χ0n) is 10.9. The topological polar surface area (TPSA) is 88.3 Å². The van der Waals surface area contributed by atoms with Crippen LogP contribution in [-0.4, -0.2) is 21.6 Å². The third-order valence-corrected chi connectivity index (χ3v) is 3.98. The lowest BCUT2D eigenvalue weighted by atomic mass is 10.2. The van der Waals surface area contributed by atoms with Gasteiger partial charge in [0.25, 0.3) is 0 Å². The van der Waals surface area contributed by atoms with Gasteiger partial charge in [-0.2, -0.15) is 4.98 Å². The minimum Gasteiger partial charge on any atom is -0.605 e. The molecule has 1 aromatic heterocycles. The molecule has 0 N–H and O–H groups in total. The standard InChI is InChI=1S/C13H12N2O4S/c1-9-3-5-10(6-4-9)20(18)13-11(15(16)17)7-8-12(14-13)19-2/h3-8H,1-2H3/t20-/m0/s1. The molecule has 2 aromatic rings. The molecule has 0 saturated heterocycles. The normalized spacial score (nSPS) is 11.9. The van der Waals surface area contributed by atoms with E-state index in [1.807, 2.05) is 6.92 Å². The number of nitrogens with zero attached hydrogens (tertiary/aromatic N) is 2. The summed E-state index contributed by atoms with van der Waals surface area (Å²) in [6.45, 7) is 1.90. The molecule has 1 aromatic carbocycles. The summed E-state index contributed by atoms with van der Waals surface area (Å²) in [4.78, 5) is 14.8. The predicted octanol–water partition coefficient (Wildman–Crippen LogP) is 2.47. The first-order chi connectivity index (χ1) is 9.52. The number of ether oxygens (including phenoxy) is 1. The van der Waals surface area contributed by atoms with Crippen LogP contribution in [0.3, 0.4) is 0 Å². The van der Waals surface area contributed by atoms with Crippen LogP contribution in [-0.2, 0) is 11.2 Å². The van der Waals surface area contributed by atoms with Crippen LogP contribution in [0.15, 0.2) is 46.3 Å². The smallest absolute Gasteiger partial charge is 0.344 e. The van der Waals surface area contributed by atoms with Crippen LogP contribution in [0.5, 0.6) is 5.88 Å². The second kappa shape index (κ2) is 5.89. The summed E-state index contributed by atoms with van der Waals surface area (Å²) >= 11 is -1.73. The van der Waals surface area contributed by atoms with Gasteiger partial charge in [-0.25, -0.2) is 0 Å². The van der Waals surface area contributed by atoms with Crippen molar-refractivity contribution in [1.82, 2.24) is 4.98 Å². The van der Waals surface area contributed by atoms with E-state index in [9.17, 15) is 14.7 Å². The highest BCUT2D eigenvalue weighted by Crippen LogP contribution is 2.29. The zero-order valence-corrected chi connectivity index (χ0v) is 11.7. The van der Waals surface area contributed by atoms with Gasteiger partial charge < -0.3 is 9.29 Å². The third kappa shape index (κ3) is 2.89. The second-order valence-corrected chi connectivity index (χ2v) is 5.41. The highest BCUT2D eigenvalue weighted by Gasteiger charge is 2.29. The number of hydrogen-bond donors (Lipinski definition) is 0. The highest BCUT2D eigenvalue weighted by atomic mass is 32.2. The average Bonchev–Trinajstić information content (AvgIpc) is 2.46. The Labute approximate surface area is 118 Å². The van der Waals surface area contributed by atoms with E-state index in [1.165, 1.54) is 19.2 Å². The van der Waals surface area contributed by atoms with Crippen molar-refractivity contribution < 1.29 is 14.2 Å². The van der Waals surface area contributed by atoms with Crippen molar-refractivity contribution in [2.24, 2.45) is 0 Å². The van der Waals surface area contributed by atoms with E-state index in [4.69, 9.17) is 4.74 Å². The molecular formula is C13H12N2O4S. The van der Waals surface area contributed by atoms with Gasteiger partial charge >= 0.3 is 10.7 Å². The van der Waals surface area contributed by atoms with E-state index < -0.39 is 16.1 Å². The molecule has 20 heavy (non-hydrogen) atoms. The third-order valence-electron chi connectivity index (χ3n) is 2.63. The molecule has 0 radical (unpaired) electrons. The number of aryl methyl sites for hydroxylation is 1. The molecule has 0 aliphatic rings. The maximum Gasteiger partial charge on any atom is 0.344 e. The summed E-state index contributed by atoms with van der Waals surface area (Å²) in [7, 11) is 1.40. The molecule has 0 aliphatic heterocycles. The van der Waals surface area contributed by atoms with Crippen LogP contribution in [0.4, 0.5) is 5.69 Å². The van der Waals surface area contributed by atoms with Crippen molar-refractivity contribution in [3.8, 4) is 5.88 Å². The summed E-state index contributed by atoms with van der Waals surface area (Å²) < 4.78 is 17.4. The molecule has 0 aliphatic carbocycles. The second-order valence-electron chi connectivity index (χ2n) is 4.02. The molecule has 1 atom stereocenters. The van der Waals surface area contributed by atoms with Crippen LogP contribution >= 0.6 is 0 Å². The fourth-order valence-electron chi connectivity index (χ4n) is 1.58. The SMILES string of the molecule is COc1ccc([N+](=O)[O-])c([S@@+]([O-])c2ccc(C)cc2)n1. The van der Waals surface area contributed by atoms with Crippen molar-refractivity contribution in [3.63, 3.8) is 0 Å². The molecule has 0 unspecified atom stereocenters. The van der Waals surface area contributed by atoms with E-state index in [-0.39, 0.29) is 16.6 Å². The van der Waals surface area contributed by atoms with Gasteiger partial charge in [0.15, 0.2) is 4.90 Å². The number of benzene rings is 1. The largest absolute Gasteiger partial charge is 0.605 e. The summed E-state index contributed by atoms with van der Waals surface area (Å²) in [5, 5.41) is 10.9. The van der Waals surface area contributed by atoms with Gasteiger partial charge in [-0.05, 0) is 19.1 Å². The van der Waals surface area contributed by atoms with Crippen LogP contribution in [0, 0.1) is 17.0 Å². The van der Waals surface area contributed by atoms with Crippen LogP contribution < -0.4 is 4.74 Å². The molecule has 0 spiro atoms. The summed E-state index contributed by atoms with van der Waals surface area (Å²) in [5.41, 5.74) is 0.726. The fraction of sp³-hybridized carbons (Fsp3) is 0.154. The highest BCUT2D eigenvalue weighted by molar-refractivity contribution is 7.91. The molecule has 6 nitrogen and oxygen atoms in total. The number of aromatic nitrogens is 1. The van der Waals surface area contributed by atoms with Gasteiger partial charge in [0.2, 0.25) is 5.88 Å². The lowest BCUT2D eigenvalue weighted by Crippen LogP contribution is -2.09. The molecule has 0 saturated carbocycles. The van der Waals surface area contributed by atoms with Crippen molar-refractivity contribution in [2.45, 2.75) is 16.8 Å². The number of pyridine rings is 1. The summed E-state index contributed by atoms with van der Waals surface area (Å²) in [5.74, 6) is 0.186. The van der Waals surface area contributed by atoms with Gasteiger partial charge in [0, 0.05) is 12.1 Å². The Bertz CT molecular complexity index is 631. The van der Waals surface area contributed by atoms with Gasteiger partial charge in [0.1, 0.15) is 0 Å². The molecule has 0 fully saturated rings. The number of methoxy groups -OCH3 is 1. The number of nitro groups is 1. The minimum absolute atomic E-state index is 0.113. The maximum atomic E-state index is 12.4. The van der Waals surface area contributed by atoms with Crippen molar-refractivity contribution >= 4 is 16.9 Å². The molecule has 1 heterocycles. The van der Waals surface area contributed by atoms with E-state index in [0.29, 0.717) is 4.90 Å². The quantitative estimate of drug-likeness (QED) is 0.490. The first kappa shape index (κ1) is 14.3. The van der Waals surface area contributed by atoms with E-state index in [1.54, 1.807) is 24.3 Å². The van der Waals surface area contributed by atoms with E-state index in [0.717, 1.165) is 5.56 Å². The van der Waals surface area contributed by atoms with Gasteiger partial charge in [-0.15, -0.1) is 0 Å². The monoisotopic (exact) mass is 292 g/mol. The first-order valence-corrected chi connectivity index (χ1v) is 6.86. The molecule has 0 amide bonds. The molecular weight excluding hydrogens is 280 g/mol. The predicted molar refractivity (Wildman–Crippen MR) is 73.3 cm³/mol. The lowest BCUT2D eigenvalue weighted by Gasteiger charge is -2.10.